The minimum absolute atomic E-state index is 0.0776. The first kappa shape index (κ1) is 16.7. The van der Waals surface area contributed by atoms with E-state index in [0.29, 0.717) is 12.1 Å². The van der Waals surface area contributed by atoms with Crippen molar-refractivity contribution in [1.29, 1.82) is 0 Å². The molecule has 1 rings (SSSR count). The van der Waals surface area contributed by atoms with E-state index in [-0.39, 0.29) is 18.2 Å². The summed E-state index contributed by atoms with van der Waals surface area (Å²) in [6.07, 6.45) is 1.79. The molecular weight excluding hydrogens is 276 g/mol. The topological polar surface area (TPSA) is 66.5 Å². The van der Waals surface area contributed by atoms with Crippen molar-refractivity contribution in [3.8, 4) is 0 Å². The van der Waals surface area contributed by atoms with E-state index in [4.69, 9.17) is 0 Å². The molecule has 1 N–H and O–H groups in total. The molecule has 0 aliphatic rings. The van der Waals surface area contributed by atoms with Crippen LogP contribution < -0.4 is 5.32 Å². The van der Waals surface area contributed by atoms with E-state index >= 15 is 0 Å². The van der Waals surface area contributed by atoms with Crippen molar-refractivity contribution < 1.29 is 13.2 Å². The van der Waals surface area contributed by atoms with Gasteiger partial charge in [0, 0.05) is 25.7 Å². The fourth-order valence-corrected chi connectivity index (χ4v) is 2.74. The lowest BCUT2D eigenvalue weighted by Crippen LogP contribution is -2.36. The van der Waals surface area contributed by atoms with Crippen LogP contribution >= 0.6 is 0 Å². The van der Waals surface area contributed by atoms with E-state index in [1.54, 1.807) is 31.3 Å². The number of unbranched alkanes of at least 4 members (excludes halogenated alkanes) is 1. The Kier molecular flexibility index (Phi) is 6.67. The summed E-state index contributed by atoms with van der Waals surface area (Å²) in [6.45, 7) is 2.65. The molecule has 0 aliphatic heterocycles. The van der Waals surface area contributed by atoms with Crippen LogP contribution in [0.1, 0.15) is 30.1 Å². The Hall–Kier alpha value is -1.40. The lowest BCUT2D eigenvalue weighted by atomic mass is 10.2. The van der Waals surface area contributed by atoms with Crippen molar-refractivity contribution in [1.82, 2.24) is 9.62 Å². The number of carbonyl (C=O) groups excluding carboxylic acids is 1. The van der Waals surface area contributed by atoms with Gasteiger partial charge in [-0.25, -0.2) is 12.7 Å². The predicted molar refractivity (Wildman–Crippen MR) is 80.1 cm³/mol. The molecule has 0 bridgehead atoms. The fraction of sp³-hybridized carbons (Fsp3) is 0.500. The maximum atomic E-state index is 11.9. The molecule has 0 heterocycles. The number of amides is 1. The van der Waals surface area contributed by atoms with Crippen molar-refractivity contribution in [3.05, 3.63) is 35.9 Å². The van der Waals surface area contributed by atoms with Crippen LogP contribution in [0.5, 0.6) is 0 Å². The predicted octanol–water partition coefficient (Wildman–Crippen LogP) is 1.48. The highest BCUT2D eigenvalue weighted by atomic mass is 32.2. The van der Waals surface area contributed by atoms with Crippen molar-refractivity contribution in [2.45, 2.75) is 19.8 Å². The van der Waals surface area contributed by atoms with Gasteiger partial charge in [-0.2, -0.15) is 0 Å². The van der Waals surface area contributed by atoms with Crippen LogP contribution in [0.25, 0.3) is 0 Å². The van der Waals surface area contributed by atoms with Crippen LogP contribution in [-0.4, -0.2) is 44.5 Å². The first-order valence-electron chi connectivity index (χ1n) is 6.74. The van der Waals surface area contributed by atoms with Gasteiger partial charge in [-0.1, -0.05) is 31.5 Å². The third-order valence-electron chi connectivity index (χ3n) is 2.98. The molecular formula is C14H22N2O3S. The summed E-state index contributed by atoms with van der Waals surface area (Å²) in [7, 11) is -1.72. The van der Waals surface area contributed by atoms with Crippen molar-refractivity contribution in [2.75, 3.05) is 25.9 Å². The molecule has 0 saturated heterocycles. The number of nitrogens with zero attached hydrogens (tertiary/aromatic N) is 1. The fourth-order valence-electron chi connectivity index (χ4n) is 1.66. The highest BCUT2D eigenvalue weighted by Gasteiger charge is 2.17. The summed E-state index contributed by atoms with van der Waals surface area (Å²) in [4.78, 5) is 11.8. The summed E-state index contributed by atoms with van der Waals surface area (Å²) in [6, 6.07) is 8.74. The second-order valence-electron chi connectivity index (χ2n) is 4.61. The van der Waals surface area contributed by atoms with Crippen LogP contribution in [0.4, 0.5) is 0 Å². The molecule has 1 aromatic carbocycles. The molecule has 6 heteroatoms. The van der Waals surface area contributed by atoms with E-state index in [1.807, 2.05) is 13.0 Å². The molecule has 5 nitrogen and oxygen atoms in total. The van der Waals surface area contributed by atoms with E-state index in [9.17, 15) is 13.2 Å². The molecule has 0 aliphatic carbocycles. The van der Waals surface area contributed by atoms with Crippen molar-refractivity contribution in [2.24, 2.45) is 0 Å². The number of carbonyl (C=O) groups is 1. The molecule has 0 atom stereocenters. The molecule has 0 spiro atoms. The van der Waals surface area contributed by atoms with Crippen LogP contribution in [-0.2, 0) is 10.0 Å². The Balaban J connectivity index is 2.42. The summed E-state index contributed by atoms with van der Waals surface area (Å²) >= 11 is 0. The Labute approximate surface area is 121 Å². The zero-order chi connectivity index (χ0) is 15.0. The number of rotatable bonds is 8. The molecule has 112 valence electrons. The van der Waals surface area contributed by atoms with Gasteiger partial charge >= 0.3 is 0 Å². The van der Waals surface area contributed by atoms with Gasteiger partial charge in [0.2, 0.25) is 10.0 Å². The maximum absolute atomic E-state index is 11.9. The van der Waals surface area contributed by atoms with Gasteiger partial charge in [0.25, 0.3) is 5.91 Å². The van der Waals surface area contributed by atoms with Gasteiger partial charge < -0.3 is 5.32 Å². The quantitative estimate of drug-likeness (QED) is 0.790. The number of nitrogens with one attached hydrogen (secondary N) is 1. The van der Waals surface area contributed by atoms with Gasteiger partial charge in [-0.3, -0.25) is 4.79 Å². The van der Waals surface area contributed by atoms with Gasteiger partial charge in [-0.05, 0) is 18.6 Å². The summed E-state index contributed by atoms with van der Waals surface area (Å²) < 4.78 is 25.2. The van der Waals surface area contributed by atoms with Crippen molar-refractivity contribution >= 4 is 15.9 Å². The lowest BCUT2D eigenvalue weighted by molar-refractivity contribution is 0.0956. The van der Waals surface area contributed by atoms with E-state index in [1.165, 1.54) is 4.31 Å². The molecule has 0 aromatic heterocycles. The third kappa shape index (κ3) is 5.30. The van der Waals surface area contributed by atoms with Gasteiger partial charge in [0.15, 0.2) is 0 Å². The van der Waals surface area contributed by atoms with E-state index in [0.717, 1.165) is 12.8 Å². The van der Waals surface area contributed by atoms with Crippen LogP contribution in [0, 0.1) is 0 Å². The number of benzene rings is 1. The average Bonchev–Trinajstić information content (AvgIpc) is 2.45. The molecule has 1 amide bonds. The minimum Gasteiger partial charge on any atom is -0.351 e. The van der Waals surface area contributed by atoms with Crippen LogP contribution in [0.3, 0.4) is 0 Å². The zero-order valence-electron chi connectivity index (χ0n) is 12.0. The summed E-state index contributed by atoms with van der Waals surface area (Å²) in [5, 5.41) is 2.62. The smallest absolute Gasteiger partial charge is 0.251 e. The second-order valence-corrected chi connectivity index (χ2v) is 6.81. The summed E-state index contributed by atoms with van der Waals surface area (Å²) in [5.74, 6) is -0.330. The van der Waals surface area contributed by atoms with Gasteiger partial charge in [0.1, 0.15) is 0 Å². The molecule has 0 radical (unpaired) electrons. The first-order chi connectivity index (χ1) is 9.47. The average molecular weight is 298 g/mol. The highest BCUT2D eigenvalue weighted by molar-refractivity contribution is 7.89. The Morgan fingerprint density at radius 1 is 1.25 bits per heavy atom. The second kappa shape index (κ2) is 8.01. The monoisotopic (exact) mass is 298 g/mol. The molecule has 1 aromatic rings. The van der Waals surface area contributed by atoms with Crippen LogP contribution in [0.15, 0.2) is 30.3 Å². The number of sulfonamides is 1. The van der Waals surface area contributed by atoms with E-state index < -0.39 is 10.0 Å². The molecule has 0 saturated carbocycles. The van der Waals surface area contributed by atoms with Gasteiger partial charge in [0.05, 0.1) is 5.75 Å². The molecule has 20 heavy (non-hydrogen) atoms. The number of hydrogen-bond acceptors (Lipinski definition) is 3. The Morgan fingerprint density at radius 3 is 2.50 bits per heavy atom. The minimum atomic E-state index is -3.29. The standard InChI is InChI=1S/C14H22N2O3S/c1-3-4-11-16(2)20(18,19)12-10-15-14(17)13-8-6-5-7-9-13/h5-9H,3-4,10-12H2,1-2H3,(H,15,17). The third-order valence-corrected chi connectivity index (χ3v) is 4.84. The normalized spacial score (nSPS) is 11.6. The Morgan fingerprint density at radius 2 is 1.90 bits per heavy atom. The SMILES string of the molecule is CCCCN(C)S(=O)(=O)CCNC(=O)c1ccccc1. The van der Waals surface area contributed by atoms with E-state index in [2.05, 4.69) is 5.32 Å². The molecule has 0 fully saturated rings. The lowest BCUT2D eigenvalue weighted by Gasteiger charge is -2.16. The van der Waals surface area contributed by atoms with Gasteiger partial charge in [-0.15, -0.1) is 0 Å². The Bertz CT molecular complexity index is 514. The highest BCUT2D eigenvalue weighted by Crippen LogP contribution is 2.01. The van der Waals surface area contributed by atoms with Crippen molar-refractivity contribution in [3.63, 3.8) is 0 Å². The largest absolute Gasteiger partial charge is 0.351 e. The molecule has 0 unspecified atom stereocenters. The zero-order valence-corrected chi connectivity index (χ0v) is 12.8. The summed E-state index contributed by atoms with van der Waals surface area (Å²) in [5.41, 5.74) is 0.532. The number of hydrogen-bond donors (Lipinski definition) is 1. The maximum Gasteiger partial charge on any atom is 0.251 e. The van der Waals surface area contributed by atoms with Crippen LogP contribution in [0.2, 0.25) is 0 Å². The first-order valence-corrected chi connectivity index (χ1v) is 8.35.